The van der Waals surface area contributed by atoms with Crippen molar-refractivity contribution in [3.05, 3.63) is 0 Å². The van der Waals surface area contributed by atoms with E-state index in [4.69, 9.17) is 5.73 Å². The van der Waals surface area contributed by atoms with Crippen LogP contribution in [-0.4, -0.2) is 41.1 Å². The van der Waals surface area contributed by atoms with Gasteiger partial charge in [-0.15, -0.1) is 0 Å². The number of nitrogens with zero attached hydrogens (tertiary/aromatic N) is 1. The molecule has 2 aliphatic rings. The van der Waals surface area contributed by atoms with Gasteiger partial charge in [0.15, 0.2) is 0 Å². The Kier molecular flexibility index (Phi) is 3.82. The summed E-state index contributed by atoms with van der Waals surface area (Å²) < 4.78 is 0. The summed E-state index contributed by atoms with van der Waals surface area (Å²) in [6.07, 6.45) is 5.88. The summed E-state index contributed by atoms with van der Waals surface area (Å²) in [5.41, 5.74) is 5.91. The Morgan fingerprint density at radius 3 is 2.81 bits per heavy atom. The first-order valence-electron chi connectivity index (χ1n) is 6.39. The highest BCUT2D eigenvalue weighted by Gasteiger charge is 2.34. The van der Waals surface area contributed by atoms with Crippen LogP contribution in [0.2, 0.25) is 0 Å². The number of amides is 1. The molecule has 1 saturated carbocycles. The van der Waals surface area contributed by atoms with Crippen LogP contribution < -0.4 is 5.73 Å². The summed E-state index contributed by atoms with van der Waals surface area (Å²) in [5.74, 6) is 0.336. The molecule has 0 spiro atoms. The fraction of sp³-hybridized carbons (Fsp3) is 0.917. The minimum Gasteiger partial charge on any atom is -0.394 e. The Hall–Kier alpha value is -0.610. The van der Waals surface area contributed by atoms with Crippen molar-refractivity contribution in [1.82, 2.24) is 4.90 Å². The third kappa shape index (κ3) is 2.38. The Labute approximate surface area is 96.8 Å². The van der Waals surface area contributed by atoms with Crippen molar-refractivity contribution < 1.29 is 9.90 Å². The van der Waals surface area contributed by atoms with E-state index in [1.54, 1.807) is 0 Å². The third-order valence-corrected chi connectivity index (χ3v) is 3.93. The fourth-order valence-electron chi connectivity index (χ4n) is 3.00. The van der Waals surface area contributed by atoms with E-state index in [2.05, 4.69) is 0 Å². The Balaban J connectivity index is 1.95. The van der Waals surface area contributed by atoms with Crippen molar-refractivity contribution in [3.63, 3.8) is 0 Å². The van der Waals surface area contributed by atoms with Gasteiger partial charge in [-0.05, 0) is 32.1 Å². The van der Waals surface area contributed by atoms with Gasteiger partial charge < -0.3 is 15.7 Å². The van der Waals surface area contributed by atoms with E-state index in [0.717, 1.165) is 45.1 Å². The number of aliphatic hydroxyl groups excluding tert-OH is 1. The number of aliphatic hydroxyl groups is 1. The minimum atomic E-state index is 0.0608. The van der Waals surface area contributed by atoms with Crippen molar-refractivity contribution in [2.24, 2.45) is 11.7 Å². The second-order valence-electron chi connectivity index (χ2n) is 5.13. The molecule has 2 rings (SSSR count). The highest BCUT2D eigenvalue weighted by molar-refractivity contribution is 5.79. The van der Waals surface area contributed by atoms with Crippen molar-refractivity contribution in [1.29, 1.82) is 0 Å². The molecule has 1 heterocycles. The van der Waals surface area contributed by atoms with Gasteiger partial charge in [0.2, 0.25) is 5.91 Å². The van der Waals surface area contributed by atoms with Gasteiger partial charge in [0.25, 0.3) is 0 Å². The molecule has 4 heteroatoms. The zero-order valence-electron chi connectivity index (χ0n) is 9.77. The summed E-state index contributed by atoms with van der Waals surface area (Å²) in [7, 11) is 0. The molecule has 0 aromatic heterocycles. The monoisotopic (exact) mass is 226 g/mol. The molecule has 1 aliphatic heterocycles. The van der Waals surface area contributed by atoms with Gasteiger partial charge in [-0.25, -0.2) is 0 Å². The molecule has 4 nitrogen and oxygen atoms in total. The average Bonchev–Trinajstić information content (AvgIpc) is 2.76. The van der Waals surface area contributed by atoms with E-state index in [0.29, 0.717) is 0 Å². The minimum absolute atomic E-state index is 0.0608. The molecule has 2 fully saturated rings. The first kappa shape index (κ1) is 11.9. The summed E-state index contributed by atoms with van der Waals surface area (Å²) in [4.78, 5) is 14.2. The van der Waals surface area contributed by atoms with Crippen molar-refractivity contribution in [2.75, 3.05) is 13.2 Å². The van der Waals surface area contributed by atoms with Gasteiger partial charge in [0.1, 0.15) is 0 Å². The van der Waals surface area contributed by atoms with Crippen LogP contribution in [0.1, 0.15) is 38.5 Å². The van der Waals surface area contributed by atoms with Crippen molar-refractivity contribution >= 4 is 5.91 Å². The first-order chi connectivity index (χ1) is 7.72. The lowest BCUT2D eigenvalue weighted by atomic mass is 9.85. The number of carbonyl (C=O) groups excluding carboxylic acids is 1. The molecule has 0 radical (unpaired) electrons. The largest absolute Gasteiger partial charge is 0.394 e. The van der Waals surface area contributed by atoms with Gasteiger partial charge in [-0.1, -0.05) is 6.42 Å². The van der Waals surface area contributed by atoms with E-state index in [-0.39, 0.29) is 30.5 Å². The normalized spacial score (nSPS) is 35.4. The molecule has 0 aromatic carbocycles. The molecule has 0 bridgehead atoms. The lowest BCUT2D eigenvalue weighted by Crippen LogP contribution is -2.44. The lowest BCUT2D eigenvalue weighted by Gasteiger charge is -2.31. The van der Waals surface area contributed by atoms with Gasteiger partial charge in [-0.3, -0.25) is 4.79 Å². The predicted molar refractivity (Wildman–Crippen MR) is 61.8 cm³/mol. The predicted octanol–water partition coefficient (Wildman–Crippen LogP) is 0.487. The molecule has 1 aliphatic carbocycles. The summed E-state index contributed by atoms with van der Waals surface area (Å²) in [5, 5.41) is 9.22. The highest BCUT2D eigenvalue weighted by Crippen LogP contribution is 2.28. The number of likely N-dealkylation sites (tertiary alicyclic amines) is 1. The topological polar surface area (TPSA) is 66.6 Å². The molecular formula is C12H22N2O2. The van der Waals surface area contributed by atoms with Crippen LogP contribution in [0.25, 0.3) is 0 Å². The van der Waals surface area contributed by atoms with Crippen molar-refractivity contribution in [2.45, 2.75) is 50.6 Å². The Morgan fingerprint density at radius 1 is 1.31 bits per heavy atom. The van der Waals surface area contributed by atoms with E-state index in [9.17, 15) is 9.90 Å². The van der Waals surface area contributed by atoms with Crippen LogP contribution in [0.4, 0.5) is 0 Å². The molecule has 92 valence electrons. The van der Waals surface area contributed by atoms with Gasteiger partial charge in [0, 0.05) is 18.5 Å². The summed E-state index contributed by atoms with van der Waals surface area (Å²) >= 11 is 0. The van der Waals surface area contributed by atoms with Crippen LogP contribution >= 0.6 is 0 Å². The lowest BCUT2D eigenvalue weighted by molar-refractivity contribution is -0.138. The Morgan fingerprint density at radius 2 is 2.12 bits per heavy atom. The van der Waals surface area contributed by atoms with E-state index < -0.39 is 0 Å². The maximum atomic E-state index is 12.3. The average molecular weight is 226 g/mol. The van der Waals surface area contributed by atoms with Gasteiger partial charge >= 0.3 is 0 Å². The van der Waals surface area contributed by atoms with E-state index in [1.807, 2.05) is 4.90 Å². The van der Waals surface area contributed by atoms with E-state index in [1.165, 1.54) is 0 Å². The molecular weight excluding hydrogens is 204 g/mol. The zero-order valence-corrected chi connectivity index (χ0v) is 9.77. The molecule has 1 amide bonds. The second kappa shape index (κ2) is 5.15. The quantitative estimate of drug-likeness (QED) is 0.720. The molecule has 16 heavy (non-hydrogen) atoms. The second-order valence-corrected chi connectivity index (χ2v) is 5.13. The maximum absolute atomic E-state index is 12.3. The number of rotatable bonds is 2. The Bertz CT molecular complexity index is 257. The molecule has 3 atom stereocenters. The number of nitrogens with two attached hydrogens (primary N) is 1. The van der Waals surface area contributed by atoms with Crippen LogP contribution in [0.3, 0.4) is 0 Å². The summed E-state index contributed by atoms with van der Waals surface area (Å²) in [6.45, 7) is 0.917. The van der Waals surface area contributed by atoms with Gasteiger partial charge in [0.05, 0.1) is 12.6 Å². The number of hydrogen-bond acceptors (Lipinski definition) is 3. The smallest absolute Gasteiger partial charge is 0.226 e. The van der Waals surface area contributed by atoms with Crippen LogP contribution in [0, 0.1) is 5.92 Å². The molecule has 2 unspecified atom stereocenters. The fourth-order valence-corrected chi connectivity index (χ4v) is 3.00. The molecule has 3 N–H and O–H groups in total. The van der Waals surface area contributed by atoms with Crippen LogP contribution in [0.5, 0.6) is 0 Å². The third-order valence-electron chi connectivity index (χ3n) is 3.93. The maximum Gasteiger partial charge on any atom is 0.226 e. The highest BCUT2D eigenvalue weighted by atomic mass is 16.3. The number of hydrogen-bond donors (Lipinski definition) is 2. The molecule has 0 aromatic rings. The van der Waals surface area contributed by atoms with Gasteiger partial charge in [-0.2, -0.15) is 0 Å². The van der Waals surface area contributed by atoms with Crippen molar-refractivity contribution in [3.8, 4) is 0 Å². The van der Waals surface area contributed by atoms with E-state index >= 15 is 0 Å². The van der Waals surface area contributed by atoms with Crippen LogP contribution in [-0.2, 0) is 4.79 Å². The zero-order chi connectivity index (χ0) is 11.5. The molecule has 1 saturated heterocycles. The number of carbonyl (C=O) groups is 1. The van der Waals surface area contributed by atoms with Crippen LogP contribution in [0.15, 0.2) is 0 Å². The standard InChI is InChI=1S/C12H22N2O2/c13-10-4-1-3-9(7-10)12(16)14-6-2-5-11(14)8-15/h9-11,15H,1-8,13H2/t9?,10?,11-/m1/s1. The first-order valence-corrected chi connectivity index (χ1v) is 6.39. The summed E-state index contributed by atoms with van der Waals surface area (Å²) in [6, 6.07) is 0.253. The SMILES string of the molecule is NC1CCCC(C(=O)N2CCC[C@@H]2CO)C1.